The third kappa shape index (κ3) is 2.80. The number of nitrogens with zero attached hydrogens (tertiary/aromatic N) is 1. The second-order valence-corrected chi connectivity index (χ2v) is 4.62. The number of hydrogen-bond donors (Lipinski definition) is 3. The Morgan fingerprint density at radius 1 is 1.44 bits per heavy atom. The quantitative estimate of drug-likeness (QED) is 0.540. The molecule has 98 valence electrons. The van der Waals surface area contributed by atoms with Crippen molar-refractivity contribution in [3.05, 3.63) is 29.8 Å². The molecule has 1 aromatic rings. The zero-order valence-corrected chi connectivity index (χ0v) is 10.5. The minimum absolute atomic E-state index is 0.0341. The van der Waals surface area contributed by atoms with Gasteiger partial charge in [-0.2, -0.15) is 0 Å². The van der Waals surface area contributed by atoms with Crippen molar-refractivity contribution < 1.29 is 9.84 Å². The predicted octanol–water partition coefficient (Wildman–Crippen LogP) is 0.557. The number of rotatable bonds is 3. The second kappa shape index (κ2) is 5.37. The third-order valence-corrected chi connectivity index (χ3v) is 3.07. The molecule has 2 rings (SSSR count). The molecule has 0 radical (unpaired) electrons. The van der Waals surface area contributed by atoms with Crippen LogP contribution in [0.2, 0.25) is 0 Å². The Balaban J connectivity index is 2.12. The highest BCUT2D eigenvalue weighted by Gasteiger charge is 2.24. The molecular weight excluding hydrogens is 230 g/mol. The van der Waals surface area contributed by atoms with Gasteiger partial charge in [0.25, 0.3) is 0 Å². The maximum absolute atomic E-state index is 9.19. The van der Waals surface area contributed by atoms with Crippen molar-refractivity contribution in [1.29, 1.82) is 5.41 Å². The molecule has 2 atom stereocenters. The monoisotopic (exact) mass is 249 g/mol. The van der Waals surface area contributed by atoms with E-state index >= 15 is 0 Å². The van der Waals surface area contributed by atoms with E-state index in [0.29, 0.717) is 6.54 Å². The van der Waals surface area contributed by atoms with Gasteiger partial charge >= 0.3 is 0 Å². The highest BCUT2D eigenvalue weighted by atomic mass is 16.5. The summed E-state index contributed by atoms with van der Waals surface area (Å²) in [4.78, 5) is 2.18. The summed E-state index contributed by atoms with van der Waals surface area (Å²) in [6.45, 7) is 3.52. The van der Waals surface area contributed by atoms with Crippen molar-refractivity contribution >= 4 is 11.5 Å². The van der Waals surface area contributed by atoms with E-state index in [2.05, 4.69) is 4.90 Å². The maximum atomic E-state index is 9.19. The summed E-state index contributed by atoms with van der Waals surface area (Å²) < 4.78 is 5.60. The Morgan fingerprint density at radius 3 is 2.67 bits per heavy atom. The number of nitrogens with one attached hydrogen (secondary N) is 1. The van der Waals surface area contributed by atoms with Crippen LogP contribution in [0.4, 0.5) is 5.69 Å². The molecule has 1 heterocycles. The molecule has 2 unspecified atom stereocenters. The number of nitrogens with two attached hydrogens (primary N) is 1. The van der Waals surface area contributed by atoms with Crippen LogP contribution in [0.1, 0.15) is 12.5 Å². The van der Waals surface area contributed by atoms with Gasteiger partial charge in [0.2, 0.25) is 0 Å². The van der Waals surface area contributed by atoms with Crippen molar-refractivity contribution in [3.8, 4) is 0 Å². The van der Waals surface area contributed by atoms with Crippen LogP contribution in [-0.2, 0) is 4.74 Å². The first-order valence-corrected chi connectivity index (χ1v) is 6.06. The summed E-state index contributed by atoms with van der Waals surface area (Å²) in [5, 5.41) is 16.5. The molecule has 0 saturated carbocycles. The SMILES string of the molecule is CC1CN(c2ccc(C(=N)N)cc2)CC(CO)O1. The molecule has 1 aromatic carbocycles. The number of benzene rings is 1. The predicted molar refractivity (Wildman–Crippen MR) is 71.1 cm³/mol. The smallest absolute Gasteiger partial charge is 0.122 e. The molecule has 0 spiro atoms. The van der Waals surface area contributed by atoms with Crippen LogP contribution in [0, 0.1) is 5.41 Å². The van der Waals surface area contributed by atoms with Crippen molar-refractivity contribution in [3.63, 3.8) is 0 Å². The molecule has 4 N–H and O–H groups in total. The van der Waals surface area contributed by atoms with Crippen molar-refractivity contribution in [2.45, 2.75) is 19.1 Å². The Bertz CT molecular complexity index is 419. The van der Waals surface area contributed by atoms with Crippen molar-refractivity contribution in [2.24, 2.45) is 5.73 Å². The van der Waals surface area contributed by atoms with Crippen LogP contribution in [0.15, 0.2) is 24.3 Å². The third-order valence-electron chi connectivity index (χ3n) is 3.07. The van der Waals surface area contributed by atoms with Crippen LogP contribution in [-0.4, -0.2) is 42.8 Å². The molecule has 1 fully saturated rings. The minimum atomic E-state index is -0.138. The number of hydrogen-bond acceptors (Lipinski definition) is 4. The van der Waals surface area contributed by atoms with Gasteiger partial charge in [-0.3, -0.25) is 5.41 Å². The second-order valence-electron chi connectivity index (χ2n) is 4.62. The summed E-state index contributed by atoms with van der Waals surface area (Å²) in [5.74, 6) is 0.0742. The number of aliphatic hydroxyl groups excluding tert-OH is 1. The molecule has 0 aromatic heterocycles. The number of ether oxygens (including phenoxy) is 1. The number of anilines is 1. The summed E-state index contributed by atoms with van der Waals surface area (Å²) in [6.07, 6.45) is -0.0374. The zero-order valence-electron chi connectivity index (χ0n) is 10.5. The van der Waals surface area contributed by atoms with Gasteiger partial charge in [0.15, 0.2) is 0 Å². The standard InChI is InChI=1S/C13H19N3O2/c1-9-6-16(7-12(8-17)18-9)11-4-2-10(3-5-11)13(14)15/h2-5,9,12,17H,6-8H2,1H3,(H3,14,15). The molecule has 0 aliphatic carbocycles. The molecule has 1 aliphatic heterocycles. The van der Waals surface area contributed by atoms with E-state index in [1.807, 2.05) is 31.2 Å². The topological polar surface area (TPSA) is 82.6 Å². The molecule has 0 amide bonds. The van der Waals surface area contributed by atoms with Gasteiger partial charge in [-0.05, 0) is 31.2 Å². The van der Waals surface area contributed by atoms with Crippen LogP contribution < -0.4 is 10.6 Å². The van der Waals surface area contributed by atoms with Crippen molar-refractivity contribution in [2.75, 3.05) is 24.6 Å². The molecule has 18 heavy (non-hydrogen) atoms. The molecule has 5 heteroatoms. The Labute approximate surface area is 107 Å². The van der Waals surface area contributed by atoms with E-state index in [1.165, 1.54) is 0 Å². The van der Waals surface area contributed by atoms with E-state index in [9.17, 15) is 5.11 Å². The molecule has 5 nitrogen and oxygen atoms in total. The van der Waals surface area contributed by atoms with Crippen LogP contribution in [0.3, 0.4) is 0 Å². The lowest BCUT2D eigenvalue weighted by Crippen LogP contribution is -2.48. The first-order valence-electron chi connectivity index (χ1n) is 6.06. The Kier molecular flexibility index (Phi) is 3.84. The maximum Gasteiger partial charge on any atom is 0.122 e. The minimum Gasteiger partial charge on any atom is -0.394 e. The molecule has 1 aliphatic rings. The largest absolute Gasteiger partial charge is 0.394 e. The van der Waals surface area contributed by atoms with Crippen LogP contribution >= 0.6 is 0 Å². The van der Waals surface area contributed by atoms with Crippen molar-refractivity contribution in [1.82, 2.24) is 0 Å². The van der Waals surface area contributed by atoms with E-state index in [0.717, 1.165) is 17.8 Å². The number of amidine groups is 1. The highest BCUT2D eigenvalue weighted by Crippen LogP contribution is 2.20. The fourth-order valence-electron chi connectivity index (χ4n) is 2.21. The first-order chi connectivity index (χ1) is 8.60. The average molecular weight is 249 g/mol. The highest BCUT2D eigenvalue weighted by molar-refractivity contribution is 5.95. The lowest BCUT2D eigenvalue weighted by molar-refractivity contribution is -0.0421. The molecule has 0 bridgehead atoms. The van der Waals surface area contributed by atoms with E-state index < -0.39 is 0 Å². The lowest BCUT2D eigenvalue weighted by Gasteiger charge is -2.37. The summed E-state index contributed by atoms with van der Waals surface area (Å²) in [6, 6.07) is 7.57. The normalized spacial score (nSPS) is 24.0. The summed E-state index contributed by atoms with van der Waals surface area (Å²) >= 11 is 0. The van der Waals surface area contributed by atoms with Crippen LogP contribution in [0.25, 0.3) is 0 Å². The summed E-state index contributed by atoms with van der Waals surface area (Å²) in [5.41, 5.74) is 7.21. The van der Waals surface area contributed by atoms with Gasteiger partial charge in [-0.1, -0.05) is 0 Å². The molecule has 1 saturated heterocycles. The zero-order chi connectivity index (χ0) is 13.1. The number of aliphatic hydroxyl groups is 1. The van der Waals surface area contributed by atoms with Crippen LogP contribution in [0.5, 0.6) is 0 Å². The van der Waals surface area contributed by atoms with Gasteiger partial charge in [-0.25, -0.2) is 0 Å². The van der Waals surface area contributed by atoms with E-state index in [-0.39, 0.29) is 24.7 Å². The fourth-order valence-corrected chi connectivity index (χ4v) is 2.21. The summed E-state index contributed by atoms with van der Waals surface area (Å²) in [7, 11) is 0. The average Bonchev–Trinajstić information content (AvgIpc) is 2.38. The number of nitrogen functional groups attached to an aromatic ring is 1. The van der Waals surface area contributed by atoms with Gasteiger partial charge in [-0.15, -0.1) is 0 Å². The van der Waals surface area contributed by atoms with E-state index in [1.54, 1.807) is 0 Å². The van der Waals surface area contributed by atoms with Gasteiger partial charge < -0.3 is 20.5 Å². The Hall–Kier alpha value is -1.59. The first kappa shape index (κ1) is 12.9. The molecular formula is C13H19N3O2. The number of morpholine rings is 1. The van der Waals surface area contributed by atoms with Gasteiger partial charge in [0.1, 0.15) is 5.84 Å². The van der Waals surface area contributed by atoms with Gasteiger partial charge in [0, 0.05) is 24.3 Å². The fraction of sp³-hybridized carbons (Fsp3) is 0.462. The lowest BCUT2D eigenvalue weighted by atomic mass is 10.1. The van der Waals surface area contributed by atoms with Gasteiger partial charge in [0.05, 0.1) is 18.8 Å². The van der Waals surface area contributed by atoms with E-state index in [4.69, 9.17) is 15.9 Å². The Morgan fingerprint density at radius 2 is 2.11 bits per heavy atom.